The number of primary amides is 1. The van der Waals surface area contributed by atoms with Gasteiger partial charge in [-0.2, -0.15) is 13.2 Å². The Morgan fingerprint density at radius 2 is 1.90 bits per heavy atom. The zero-order chi connectivity index (χ0) is 15.7. The highest BCUT2D eigenvalue weighted by atomic mass is 19.4. The number of alkyl halides is 3. The van der Waals surface area contributed by atoms with E-state index in [1.54, 1.807) is 0 Å². The van der Waals surface area contributed by atoms with Crippen LogP contribution >= 0.6 is 0 Å². The number of nitrogens with one attached hydrogen (secondary N) is 1. The number of carbonyl (C=O) groups is 2. The normalized spacial score (nSPS) is 27.0. The SMILES string of the molecule is NC(=O)CN(C(=O)C1(C(F)(F)F)CCNC1)C1CCCC1. The Labute approximate surface area is 121 Å². The summed E-state index contributed by atoms with van der Waals surface area (Å²) < 4.78 is 40.3. The van der Waals surface area contributed by atoms with Crippen LogP contribution in [0.2, 0.25) is 0 Å². The molecule has 1 saturated heterocycles. The van der Waals surface area contributed by atoms with Crippen LogP contribution in [0.5, 0.6) is 0 Å². The third kappa shape index (κ3) is 3.00. The van der Waals surface area contributed by atoms with E-state index >= 15 is 0 Å². The summed E-state index contributed by atoms with van der Waals surface area (Å²) in [5.74, 6) is -1.79. The number of nitrogens with two attached hydrogens (primary N) is 1. The van der Waals surface area contributed by atoms with Crippen molar-refractivity contribution < 1.29 is 22.8 Å². The fourth-order valence-corrected chi connectivity index (χ4v) is 3.26. The van der Waals surface area contributed by atoms with Gasteiger partial charge in [-0.05, 0) is 25.8 Å². The Kier molecular flexibility index (Phi) is 4.46. The van der Waals surface area contributed by atoms with Crippen LogP contribution in [0, 0.1) is 5.41 Å². The molecule has 1 atom stereocenters. The molecule has 0 aromatic heterocycles. The topological polar surface area (TPSA) is 75.4 Å². The van der Waals surface area contributed by atoms with Crippen LogP contribution in [-0.4, -0.2) is 48.6 Å². The molecule has 8 heteroatoms. The van der Waals surface area contributed by atoms with E-state index in [9.17, 15) is 22.8 Å². The van der Waals surface area contributed by atoms with Gasteiger partial charge in [-0.3, -0.25) is 9.59 Å². The van der Waals surface area contributed by atoms with Gasteiger partial charge < -0.3 is 16.0 Å². The summed E-state index contributed by atoms with van der Waals surface area (Å²) in [6.45, 7) is -0.737. The van der Waals surface area contributed by atoms with Crippen molar-refractivity contribution >= 4 is 11.8 Å². The molecule has 0 aromatic rings. The number of hydrogen-bond donors (Lipinski definition) is 2. The van der Waals surface area contributed by atoms with Crippen molar-refractivity contribution in [1.29, 1.82) is 0 Å². The molecule has 5 nitrogen and oxygen atoms in total. The summed E-state index contributed by atoms with van der Waals surface area (Å²) in [7, 11) is 0. The van der Waals surface area contributed by atoms with E-state index in [2.05, 4.69) is 5.32 Å². The molecular formula is C13H20F3N3O2. The Balaban J connectivity index is 2.28. The molecule has 0 radical (unpaired) electrons. The molecule has 0 aromatic carbocycles. The smallest absolute Gasteiger partial charge is 0.368 e. The summed E-state index contributed by atoms with van der Waals surface area (Å²) in [4.78, 5) is 24.8. The van der Waals surface area contributed by atoms with Crippen molar-refractivity contribution in [2.75, 3.05) is 19.6 Å². The number of halogens is 3. The van der Waals surface area contributed by atoms with Crippen LogP contribution < -0.4 is 11.1 Å². The largest absolute Gasteiger partial charge is 0.404 e. The van der Waals surface area contributed by atoms with Gasteiger partial charge in [0.2, 0.25) is 11.8 Å². The summed E-state index contributed by atoms with van der Waals surface area (Å²) in [6.07, 6.45) is -1.98. The maximum atomic E-state index is 13.4. The second-order valence-corrected chi connectivity index (χ2v) is 5.84. The Bertz CT molecular complexity index is 413. The highest BCUT2D eigenvalue weighted by Gasteiger charge is 2.63. The maximum Gasteiger partial charge on any atom is 0.404 e. The van der Waals surface area contributed by atoms with Crippen LogP contribution in [0.15, 0.2) is 0 Å². The van der Waals surface area contributed by atoms with Gasteiger partial charge in [0, 0.05) is 12.6 Å². The predicted molar refractivity (Wildman–Crippen MR) is 69.1 cm³/mol. The first-order valence-electron chi connectivity index (χ1n) is 7.15. The summed E-state index contributed by atoms with van der Waals surface area (Å²) in [5, 5.41) is 2.62. The highest BCUT2D eigenvalue weighted by molar-refractivity contribution is 5.88. The zero-order valence-electron chi connectivity index (χ0n) is 11.7. The van der Waals surface area contributed by atoms with Gasteiger partial charge in [0.1, 0.15) is 0 Å². The lowest BCUT2D eigenvalue weighted by Crippen LogP contribution is -2.57. The minimum atomic E-state index is -4.64. The molecule has 0 spiro atoms. The molecule has 1 aliphatic carbocycles. The lowest BCUT2D eigenvalue weighted by Gasteiger charge is -2.37. The summed E-state index contributed by atoms with van der Waals surface area (Å²) in [6, 6.07) is -0.315. The van der Waals surface area contributed by atoms with E-state index in [1.165, 1.54) is 0 Å². The lowest BCUT2D eigenvalue weighted by molar-refractivity contribution is -0.222. The zero-order valence-corrected chi connectivity index (χ0v) is 11.7. The molecule has 2 amide bonds. The van der Waals surface area contributed by atoms with E-state index in [1.807, 2.05) is 0 Å². The number of hydrogen-bond acceptors (Lipinski definition) is 3. The molecule has 1 aliphatic heterocycles. The van der Waals surface area contributed by atoms with Crippen molar-refractivity contribution in [1.82, 2.24) is 10.2 Å². The van der Waals surface area contributed by atoms with E-state index in [4.69, 9.17) is 5.73 Å². The summed E-state index contributed by atoms with van der Waals surface area (Å²) >= 11 is 0. The van der Waals surface area contributed by atoms with Crippen LogP contribution in [0.4, 0.5) is 13.2 Å². The third-order valence-electron chi connectivity index (χ3n) is 4.46. The number of rotatable bonds is 4. The predicted octanol–water partition coefficient (Wildman–Crippen LogP) is 0.785. The average Bonchev–Trinajstić information content (AvgIpc) is 3.05. The number of amides is 2. The lowest BCUT2D eigenvalue weighted by atomic mass is 9.84. The van der Waals surface area contributed by atoms with Crippen LogP contribution in [0.1, 0.15) is 32.1 Å². The fraction of sp³-hybridized carbons (Fsp3) is 0.846. The molecular weight excluding hydrogens is 287 g/mol. The molecule has 21 heavy (non-hydrogen) atoms. The van der Waals surface area contributed by atoms with Crippen molar-refractivity contribution in [3.8, 4) is 0 Å². The molecule has 2 aliphatic rings. The highest BCUT2D eigenvalue weighted by Crippen LogP contribution is 2.45. The molecule has 3 N–H and O–H groups in total. The maximum absolute atomic E-state index is 13.4. The van der Waals surface area contributed by atoms with Crippen molar-refractivity contribution in [3.63, 3.8) is 0 Å². The van der Waals surface area contributed by atoms with Gasteiger partial charge in [-0.25, -0.2) is 0 Å². The first-order valence-corrected chi connectivity index (χ1v) is 7.15. The molecule has 1 saturated carbocycles. The first kappa shape index (κ1) is 16.1. The second kappa shape index (κ2) is 5.82. The fourth-order valence-electron chi connectivity index (χ4n) is 3.26. The van der Waals surface area contributed by atoms with Crippen LogP contribution in [0.25, 0.3) is 0 Å². The van der Waals surface area contributed by atoms with Gasteiger partial charge in [0.25, 0.3) is 0 Å². The molecule has 1 unspecified atom stereocenters. The van der Waals surface area contributed by atoms with Crippen molar-refractivity contribution in [2.45, 2.75) is 44.3 Å². The van der Waals surface area contributed by atoms with Crippen LogP contribution in [0.3, 0.4) is 0 Å². The standard InChI is InChI=1S/C13H20F3N3O2/c14-13(15,16)12(5-6-18-8-12)11(21)19(7-10(17)20)9-3-1-2-4-9/h9,18H,1-8H2,(H2,17,20). The van der Waals surface area contributed by atoms with Gasteiger partial charge in [0.05, 0.1) is 6.54 Å². The molecule has 0 bridgehead atoms. The van der Waals surface area contributed by atoms with Crippen molar-refractivity contribution in [2.24, 2.45) is 11.1 Å². The van der Waals surface area contributed by atoms with Gasteiger partial charge in [0.15, 0.2) is 5.41 Å². The van der Waals surface area contributed by atoms with E-state index in [-0.39, 0.29) is 19.0 Å². The van der Waals surface area contributed by atoms with Crippen LogP contribution in [-0.2, 0) is 9.59 Å². The Morgan fingerprint density at radius 3 is 2.33 bits per heavy atom. The number of carbonyl (C=O) groups excluding carboxylic acids is 2. The Morgan fingerprint density at radius 1 is 1.29 bits per heavy atom. The van der Waals surface area contributed by atoms with E-state index in [0.29, 0.717) is 12.8 Å². The van der Waals surface area contributed by atoms with Gasteiger partial charge >= 0.3 is 6.18 Å². The molecule has 1 heterocycles. The Hall–Kier alpha value is -1.31. The van der Waals surface area contributed by atoms with Gasteiger partial charge in [-0.1, -0.05) is 12.8 Å². The molecule has 2 fully saturated rings. The van der Waals surface area contributed by atoms with Gasteiger partial charge in [-0.15, -0.1) is 0 Å². The first-order chi connectivity index (χ1) is 9.78. The quantitative estimate of drug-likeness (QED) is 0.806. The van der Waals surface area contributed by atoms with E-state index < -0.39 is 36.5 Å². The summed E-state index contributed by atoms with van der Waals surface area (Å²) in [5.41, 5.74) is 2.69. The minimum absolute atomic E-state index is 0.139. The minimum Gasteiger partial charge on any atom is -0.368 e. The average molecular weight is 307 g/mol. The third-order valence-corrected chi connectivity index (χ3v) is 4.46. The number of nitrogens with zero attached hydrogens (tertiary/aromatic N) is 1. The molecule has 120 valence electrons. The van der Waals surface area contributed by atoms with Crippen molar-refractivity contribution in [3.05, 3.63) is 0 Å². The molecule has 2 rings (SSSR count). The monoisotopic (exact) mass is 307 g/mol. The second-order valence-electron chi connectivity index (χ2n) is 5.84. The van der Waals surface area contributed by atoms with E-state index in [0.717, 1.165) is 17.7 Å².